The second-order valence-electron chi connectivity index (χ2n) is 12.0. The molecule has 2 aromatic rings. The van der Waals surface area contributed by atoms with Crippen molar-refractivity contribution in [3.05, 3.63) is 65.5 Å². The summed E-state index contributed by atoms with van der Waals surface area (Å²) in [4.78, 5) is 6.81. The molecule has 0 N–H and O–H groups in total. The molecule has 7 rings (SSSR count). The third-order valence-corrected chi connectivity index (χ3v) is 10.5. The number of ether oxygens (including phenoxy) is 1. The summed E-state index contributed by atoms with van der Waals surface area (Å²) >= 11 is 0. The third kappa shape index (κ3) is 2.67. The van der Waals surface area contributed by atoms with Gasteiger partial charge < -0.3 is 9.64 Å². The molecule has 3 fully saturated rings. The van der Waals surface area contributed by atoms with Gasteiger partial charge in [-0.3, -0.25) is 4.98 Å². The number of aromatic nitrogens is 1. The summed E-state index contributed by atoms with van der Waals surface area (Å²) < 4.78 is 7.42. The van der Waals surface area contributed by atoms with Gasteiger partial charge in [0.25, 0.3) is 0 Å². The van der Waals surface area contributed by atoms with Gasteiger partial charge in [0.2, 0.25) is 0 Å². The van der Waals surface area contributed by atoms with E-state index in [4.69, 9.17) is 4.74 Å². The lowest BCUT2D eigenvalue weighted by molar-refractivity contribution is -0.139. The number of fused-ring (bicyclic) bond motifs is 2. The van der Waals surface area contributed by atoms with Crippen LogP contribution in [0.2, 0.25) is 0 Å². The van der Waals surface area contributed by atoms with Gasteiger partial charge in [-0.05, 0) is 117 Å². The van der Waals surface area contributed by atoms with E-state index >= 15 is 0 Å². The summed E-state index contributed by atoms with van der Waals surface area (Å²) in [5.41, 5.74) is 4.82. The monoisotopic (exact) mass is 440 g/mol. The summed E-state index contributed by atoms with van der Waals surface area (Å²) in [7, 11) is 4.49. The zero-order valence-electron chi connectivity index (χ0n) is 20.3. The molecule has 33 heavy (non-hydrogen) atoms. The first-order valence-electron chi connectivity index (χ1n) is 13.1. The Morgan fingerprint density at radius 2 is 1.97 bits per heavy atom. The van der Waals surface area contributed by atoms with E-state index in [9.17, 15) is 0 Å². The normalized spacial score (nSPS) is 41.4. The predicted molar refractivity (Wildman–Crippen MR) is 133 cm³/mol. The quantitative estimate of drug-likeness (QED) is 0.540. The zero-order valence-corrected chi connectivity index (χ0v) is 20.3. The molecule has 1 aromatic heterocycles. The summed E-state index contributed by atoms with van der Waals surface area (Å²) in [6, 6.07) is 9.86. The SMILES string of the molecule is CN(C)[C@@H]1CCC2=CC3=CC[C@]4(C)[C@@H](c5ccc6ccncc6c5)CC[C@H]4[C@@]34CC[C@]2(C1)O4. The highest BCUT2D eigenvalue weighted by atomic mass is 16.5. The molecule has 172 valence electrons. The second-order valence-corrected chi connectivity index (χ2v) is 12.0. The van der Waals surface area contributed by atoms with E-state index in [0.717, 1.165) is 0 Å². The Balaban J connectivity index is 1.28. The lowest BCUT2D eigenvalue weighted by Gasteiger charge is -2.54. The van der Waals surface area contributed by atoms with Crippen molar-refractivity contribution < 1.29 is 4.74 Å². The van der Waals surface area contributed by atoms with Gasteiger partial charge in [-0.15, -0.1) is 0 Å². The van der Waals surface area contributed by atoms with Crippen LogP contribution in [0.4, 0.5) is 0 Å². The van der Waals surface area contributed by atoms with Crippen LogP contribution < -0.4 is 0 Å². The van der Waals surface area contributed by atoms with E-state index in [2.05, 4.69) is 67.3 Å². The number of hydrogen-bond donors (Lipinski definition) is 0. The maximum Gasteiger partial charge on any atom is 0.0974 e. The van der Waals surface area contributed by atoms with E-state index in [1.54, 1.807) is 5.57 Å². The molecule has 5 aliphatic rings. The van der Waals surface area contributed by atoms with Crippen LogP contribution in [0.1, 0.15) is 69.8 Å². The van der Waals surface area contributed by atoms with Gasteiger partial charge in [0.15, 0.2) is 0 Å². The minimum atomic E-state index is -0.0577. The Kier molecular flexibility index (Phi) is 4.20. The van der Waals surface area contributed by atoms with Gasteiger partial charge in [-0.1, -0.05) is 31.2 Å². The first-order chi connectivity index (χ1) is 15.9. The molecular formula is C30H36N2O. The summed E-state index contributed by atoms with van der Waals surface area (Å²) in [6.45, 7) is 2.57. The van der Waals surface area contributed by atoms with Crippen molar-refractivity contribution in [1.29, 1.82) is 0 Å². The number of nitrogens with zero attached hydrogens (tertiary/aromatic N) is 2. The Labute approximate surface area is 197 Å². The minimum absolute atomic E-state index is 0.00448. The minimum Gasteiger partial charge on any atom is -0.359 e. The standard InChI is InChI=1S/C30H36N2O/c1-28-12-10-24-17-23-6-7-25(32(2)3)18-29(23)13-14-30(24,33-29)27(28)9-8-26(28)21-5-4-20-11-15-31-19-22(20)16-21/h4-5,10-11,15-17,19,25-27H,6-9,12-14,18H2,1-3H3/t25-,26-,27-,28-,29-,30-/m1/s1. The number of allylic oxidation sites excluding steroid dienone is 1. The molecular weight excluding hydrogens is 404 g/mol. The van der Waals surface area contributed by atoms with Crippen LogP contribution in [0.15, 0.2) is 60.0 Å². The van der Waals surface area contributed by atoms with Gasteiger partial charge >= 0.3 is 0 Å². The van der Waals surface area contributed by atoms with Crippen molar-refractivity contribution in [3.8, 4) is 0 Å². The number of rotatable bonds is 2. The van der Waals surface area contributed by atoms with E-state index < -0.39 is 0 Å². The Morgan fingerprint density at radius 1 is 1.06 bits per heavy atom. The molecule has 0 radical (unpaired) electrons. The van der Waals surface area contributed by atoms with Crippen LogP contribution in [-0.2, 0) is 4.74 Å². The van der Waals surface area contributed by atoms with Crippen LogP contribution in [0.5, 0.6) is 0 Å². The lowest BCUT2D eigenvalue weighted by Crippen LogP contribution is -2.55. The van der Waals surface area contributed by atoms with Crippen LogP contribution >= 0.6 is 0 Å². The topological polar surface area (TPSA) is 25.4 Å². The molecule has 3 heterocycles. The number of pyridine rings is 1. The van der Waals surface area contributed by atoms with Crippen molar-refractivity contribution in [2.45, 2.75) is 81.5 Å². The molecule has 0 unspecified atom stereocenters. The first-order valence-corrected chi connectivity index (χ1v) is 13.1. The Bertz CT molecular complexity index is 1200. The van der Waals surface area contributed by atoms with Crippen molar-refractivity contribution in [2.24, 2.45) is 11.3 Å². The van der Waals surface area contributed by atoms with E-state index in [1.165, 1.54) is 73.3 Å². The highest BCUT2D eigenvalue weighted by Crippen LogP contribution is 2.69. The average Bonchev–Trinajstić information content (AvgIpc) is 3.33. The van der Waals surface area contributed by atoms with E-state index in [1.807, 2.05) is 12.4 Å². The van der Waals surface area contributed by atoms with Crippen LogP contribution in [0.3, 0.4) is 0 Å². The fourth-order valence-electron chi connectivity index (χ4n) is 8.69. The van der Waals surface area contributed by atoms with Crippen molar-refractivity contribution in [1.82, 2.24) is 9.88 Å². The van der Waals surface area contributed by atoms with Crippen LogP contribution in [0, 0.1) is 11.3 Å². The van der Waals surface area contributed by atoms with Gasteiger partial charge in [-0.2, -0.15) is 0 Å². The fraction of sp³-hybridized carbons (Fsp3) is 0.567. The molecule has 3 nitrogen and oxygen atoms in total. The average molecular weight is 441 g/mol. The molecule has 2 aliphatic heterocycles. The summed E-state index contributed by atoms with van der Waals surface area (Å²) in [5, 5.41) is 2.56. The molecule has 1 saturated heterocycles. The Morgan fingerprint density at radius 3 is 2.85 bits per heavy atom. The molecule has 2 bridgehead atoms. The van der Waals surface area contributed by atoms with Gasteiger partial charge in [0, 0.05) is 23.8 Å². The second kappa shape index (κ2) is 6.79. The first kappa shape index (κ1) is 20.4. The predicted octanol–water partition coefficient (Wildman–Crippen LogP) is 6.41. The molecule has 1 aromatic carbocycles. The number of hydrogen-bond acceptors (Lipinski definition) is 3. The van der Waals surface area contributed by atoms with Gasteiger partial charge in [0.1, 0.15) is 0 Å². The number of benzene rings is 1. The molecule has 3 heteroatoms. The van der Waals surface area contributed by atoms with Gasteiger partial charge in [-0.25, -0.2) is 0 Å². The van der Waals surface area contributed by atoms with Crippen molar-refractivity contribution >= 4 is 10.8 Å². The largest absolute Gasteiger partial charge is 0.359 e. The summed E-state index contributed by atoms with van der Waals surface area (Å²) in [5.74, 6) is 1.20. The fourth-order valence-corrected chi connectivity index (χ4v) is 8.69. The molecule has 6 atom stereocenters. The van der Waals surface area contributed by atoms with Crippen LogP contribution in [0.25, 0.3) is 10.8 Å². The highest BCUT2D eigenvalue weighted by Gasteiger charge is 2.66. The smallest absolute Gasteiger partial charge is 0.0974 e. The summed E-state index contributed by atoms with van der Waals surface area (Å²) in [6.07, 6.45) is 18.9. The van der Waals surface area contributed by atoms with Crippen LogP contribution in [-0.4, -0.2) is 41.2 Å². The molecule has 2 saturated carbocycles. The van der Waals surface area contributed by atoms with E-state index in [-0.39, 0.29) is 16.6 Å². The van der Waals surface area contributed by atoms with E-state index in [0.29, 0.717) is 17.9 Å². The molecule has 0 amide bonds. The van der Waals surface area contributed by atoms with Crippen molar-refractivity contribution in [3.63, 3.8) is 0 Å². The lowest BCUT2D eigenvalue weighted by atomic mass is 9.58. The van der Waals surface area contributed by atoms with Gasteiger partial charge in [0.05, 0.1) is 11.2 Å². The Hall–Kier alpha value is -1.97. The third-order valence-electron chi connectivity index (χ3n) is 10.5. The highest BCUT2D eigenvalue weighted by molar-refractivity contribution is 5.82. The molecule has 3 aliphatic carbocycles. The maximum absolute atomic E-state index is 7.42. The maximum atomic E-state index is 7.42. The van der Waals surface area contributed by atoms with Crippen molar-refractivity contribution in [2.75, 3.05) is 14.1 Å². The zero-order chi connectivity index (χ0) is 22.4. The molecule has 2 spiro atoms.